The van der Waals surface area contributed by atoms with Crippen molar-refractivity contribution in [2.24, 2.45) is 0 Å². The van der Waals surface area contributed by atoms with Crippen LogP contribution in [0.2, 0.25) is 0 Å². The Morgan fingerprint density at radius 3 is 1.72 bits per heavy atom. The van der Waals surface area contributed by atoms with Crippen molar-refractivity contribution in [3.63, 3.8) is 0 Å². The predicted octanol–water partition coefficient (Wildman–Crippen LogP) is 7.20. The second-order valence-corrected chi connectivity index (χ2v) is 14.8. The van der Waals surface area contributed by atoms with E-state index in [1.54, 1.807) is 14.1 Å². The summed E-state index contributed by atoms with van der Waals surface area (Å²) in [6.07, 6.45) is 24.8. The quantitative estimate of drug-likeness (QED) is 0.0162. The Morgan fingerprint density at radius 2 is 1.23 bits per heavy atom. The van der Waals surface area contributed by atoms with Crippen molar-refractivity contribution in [2.45, 2.75) is 160 Å². The van der Waals surface area contributed by atoms with E-state index in [4.69, 9.17) is 19.5 Å². The van der Waals surface area contributed by atoms with Crippen LogP contribution in [0.5, 0.6) is 0 Å². The van der Waals surface area contributed by atoms with Crippen LogP contribution < -0.4 is 0 Å². The van der Waals surface area contributed by atoms with Gasteiger partial charge < -0.3 is 34.0 Å². The molecule has 0 aliphatic heterocycles. The topological polar surface area (TPSA) is 134 Å². The van der Waals surface area contributed by atoms with Gasteiger partial charge in [0.2, 0.25) is 0 Å². The van der Waals surface area contributed by atoms with Crippen LogP contribution in [0.25, 0.3) is 0 Å². The second-order valence-electron chi connectivity index (χ2n) is 12.7. The number of aliphatic hydroxyl groups excluding tert-OH is 2. The summed E-state index contributed by atoms with van der Waals surface area (Å²) in [5, 5.41) is 28.2. The predicted molar refractivity (Wildman–Crippen MR) is 175 cm³/mol. The second kappa shape index (κ2) is 26.4. The minimum Gasteiger partial charge on any atom is -0.463 e. The molecule has 2 unspecified atom stereocenters. The number of quaternary nitrogens is 1. The lowest BCUT2D eigenvalue weighted by atomic mass is 10.1. The van der Waals surface area contributed by atoms with Gasteiger partial charge in [-0.3, -0.25) is 9.36 Å². The highest BCUT2D eigenvalue weighted by atomic mass is 31.2. The monoisotopic (exact) mass is 636 g/mol. The largest absolute Gasteiger partial charge is 0.463 e. The van der Waals surface area contributed by atoms with Crippen molar-refractivity contribution < 1.29 is 43.3 Å². The first-order valence-electron chi connectivity index (χ1n) is 17.1. The molecule has 9 nitrogen and oxygen atoms in total. The Morgan fingerprint density at radius 1 is 0.767 bits per heavy atom. The first-order valence-corrected chi connectivity index (χ1v) is 18.7. The molecule has 0 spiro atoms. The number of esters is 1. The molecule has 0 saturated heterocycles. The molecule has 0 fully saturated rings. The molecule has 0 aromatic heterocycles. The zero-order valence-corrected chi connectivity index (χ0v) is 28.9. The molecule has 0 aromatic rings. The Labute approximate surface area is 263 Å². The molecule has 4 N–H and O–H groups in total. The molecule has 0 saturated carbocycles. The van der Waals surface area contributed by atoms with E-state index in [1.165, 1.54) is 90.4 Å². The van der Waals surface area contributed by atoms with E-state index in [0.717, 1.165) is 32.1 Å². The van der Waals surface area contributed by atoms with Crippen molar-refractivity contribution in [3.05, 3.63) is 12.2 Å². The summed E-state index contributed by atoms with van der Waals surface area (Å²) in [5.41, 5.74) is 0. The number of carbonyl (C=O) groups is 1. The minimum absolute atomic E-state index is 0.0347. The molecule has 256 valence electrons. The van der Waals surface area contributed by atoms with Crippen LogP contribution in [-0.4, -0.2) is 82.7 Å². The molecule has 3 atom stereocenters. The highest BCUT2D eigenvalue weighted by molar-refractivity contribution is 7.53. The summed E-state index contributed by atoms with van der Waals surface area (Å²) >= 11 is 0. The standard InChI is InChI=1S/C33H66NO8P/c1-5-6-7-8-9-10-11-12-13-14-15-16-17-18-19-20-21-22-23-24-25-33(38)41-28-31(35)29-42-43(39,40)30(2)34(3,4)27-26-32(36)37/h16-17,30-32,35-37H,5-15,18-29H2,1-4H3/p+1/b17-16-/t30?,31-/m1/s1. The number of nitrogens with zero attached hydrogens (tertiary/aromatic N) is 1. The van der Waals surface area contributed by atoms with Crippen LogP contribution in [0.3, 0.4) is 0 Å². The summed E-state index contributed by atoms with van der Waals surface area (Å²) < 4.78 is 22.9. The number of hydrogen-bond acceptors (Lipinski definition) is 7. The summed E-state index contributed by atoms with van der Waals surface area (Å²) in [4.78, 5) is 22.3. The van der Waals surface area contributed by atoms with Gasteiger partial charge in [-0.05, 0) is 39.0 Å². The Bertz CT molecular complexity index is 746. The first kappa shape index (κ1) is 42.2. The van der Waals surface area contributed by atoms with Crippen LogP contribution in [0.4, 0.5) is 0 Å². The average molecular weight is 637 g/mol. The van der Waals surface area contributed by atoms with Crippen molar-refractivity contribution in [1.82, 2.24) is 0 Å². The van der Waals surface area contributed by atoms with Gasteiger partial charge in [0.15, 0.2) is 12.1 Å². The van der Waals surface area contributed by atoms with E-state index in [2.05, 4.69) is 19.1 Å². The maximum atomic E-state index is 12.6. The molecule has 0 aliphatic rings. The molecule has 0 heterocycles. The van der Waals surface area contributed by atoms with Crippen LogP contribution in [0, 0.1) is 0 Å². The number of carbonyl (C=O) groups excluding carboxylic acids is 1. The summed E-state index contributed by atoms with van der Waals surface area (Å²) in [5.74, 6) is -1.25. The zero-order chi connectivity index (χ0) is 32.4. The maximum Gasteiger partial charge on any atom is 0.384 e. The lowest BCUT2D eigenvalue weighted by molar-refractivity contribution is -0.901. The number of rotatable bonds is 30. The Balaban J connectivity index is 3.70. The number of ether oxygens (including phenoxy) is 1. The summed E-state index contributed by atoms with van der Waals surface area (Å²) in [6.45, 7) is 3.32. The van der Waals surface area contributed by atoms with Crippen molar-refractivity contribution in [3.8, 4) is 0 Å². The fourth-order valence-electron chi connectivity index (χ4n) is 4.86. The van der Waals surface area contributed by atoms with Gasteiger partial charge in [0.25, 0.3) is 0 Å². The van der Waals surface area contributed by atoms with E-state index in [-0.39, 0.29) is 30.5 Å². The molecule has 10 heteroatoms. The third kappa shape index (κ3) is 25.1. The van der Waals surface area contributed by atoms with Crippen LogP contribution >= 0.6 is 7.60 Å². The van der Waals surface area contributed by atoms with Crippen molar-refractivity contribution >= 4 is 13.6 Å². The fourth-order valence-corrected chi connectivity index (χ4v) is 6.37. The van der Waals surface area contributed by atoms with Crippen LogP contribution in [0.1, 0.15) is 142 Å². The van der Waals surface area contributed by atoms with Crippen molar-refractivity contribution in [2.75, 3.05) is 33.9 Å². The van der Waals surface area contributed by atoms with Gasteiger partial charge >= 0.3 is 13.6 Å². The van der Waals surface area contributed by atoms with Gasteiger partial charge in [-0.15, -0.1) is 0 Å². The van der Waals surface area contributed by atoms with Gasteiger partial charge in [-0.25, -0.2) is 0 Å². The fraction of sp³-hybridized carbons (Fsp3) is 0.909. The zero-order valence-electron chi connectivity index (χ0n) is 28.0. The molecular weight excluding hydrogens is 569 g/mol. The highest BCUT2D eigenvalue weighted by Gasteiger charge is 2.41. The average Bonchev–Trinajstić information content (AvgIpc) is 2.96. The summed E-state index contributed by atoms with van der Waals surface area (Å²) in [7, 11) is -0.732. The third-order valence-electron chi connectivity index (χ3n) is 8.23. The number of allylic oxidation sites excluding steroid dienone is 2. The smallest absolute Gasteiger partial charge is 0.384 e. The van der Waals surface area contributed by atoms with E-state index in [9.17, 15) is 19.4 Å². The molecule has 43 heavy (non-hydrogen) atoms. The number of hydrogen-bond donors (Lipinski definition) is 4. The Hall–Kier alpha value is -0.800. The van der Waals surface area contributed by atoms with Gasteiger partial charge in [-0.2, -0.15) is 0 Å². The lowest BCUT2D eigenvalue weighted by Gasteiger charge is -2.37. The molecule has 0 radical (unpaired) electrons. The van der Waals surface area contributed by atoms with E-state index in [0.29, 0.717) is 0 Å². The highest BCUT2D eigenvalue weighted by Crippen LogP contribution is 2.50. The molecule has 0 amide bonds. The van der Waals surface area contributed by atoms with Crippen LogP contribution in [0.15, 0.2) is 12.2 Å². The molecule has 0 aromatic carbocycles. The molecule has 0 aliphatic carbocycles. The number of unbranched alkanes of at least 4 members (excludes halogenated alkanes) is 16. The molecule has 0 bridgehead atoms. The van der Waals surface area contributed by atoms with E-state index < -0.39 is 38.3 Å². The first-order chi connectivity index (χ1) is 20.4. The lowest BCUT2D eigenvalue weighted by Crippen LogP contribution is -2.48. The Kier molecular flexibility index (Phi) is 25.9. The van der Waals surface area contributed by atoms with Gasteiger partial charge in [0, 0.05) is 12.8 Å². The van der Waals surface area contributed by atoms with E-state index >= 15 is 0 Å². The van der Waals surface area contributed by atoms with Crippen molar-refractivity contribution in [1.29, 1.82) is 0 Å². The number of aliphatic hydroxyl groups is 3. The van der Waals surface area contributed by atoms with Gasteiger partial charge in [0.1, 0.15) is 12.7 Å². The normalized spacial score (nSPS) is 15.2. The third-order valence-corrected chi connectivity index (χ3v) is 10.3. The molecular formula is C33H67NO8P+. The van der Waals surface area contributed by atoms with E-state index in [1.807, 2.05) is 0 Å². The SMILES string of the molecule is CCCCCCCCCCCC/C=C\CCCCCCCCC(=O)OC[C@@H](O)COP(=O)(O)C(C)[N+](C)(C)CCC(O)O. The maximum absolute atomic E-state index is 12.6. The van der Waals surface area contributed by atoms with Gasteiger partial charge in [-0.1, -0.05) is 103 Å². The van der Waals surface area contributed by atoms with Crippen LogP contribution in [-0.2, 0) is 18.6 Å². The molecule has 0 rings (SSSR count). The minimum atomic E-state index is -4.11. The van der Waals surface area contributed by atoms with Gasteiger partial charge in [0.05, 0.1) is 27.2 Å². The summed E-state index contributed by atoms with van der Waals surface area (Å²) in [6, 6.07) is 0.